The number of H-pyrrole nitrogens is 1. The van der Waals surface area contributed by atoms with E-state index in [0.717, 1.165) is 0 Å². The first-order valence-corrected chi connectivity index (χ1v) is 4.20. The highest BCUT2D eigenvalue weighted by molar-refractivity contribution is 5.77. The normalized spacial score (nSPS) is 11.7. The zero-order valence-electron chi connectivity index (χ0n) is 7.71. The van der Waals surface area contributed by atoms with Gasteiger partial charge in [-0.15, -0.1) is 13.2 Å². The number of aromatic nitrogens is 2. The smallest absolute Gasteiger partial charge is 0.372 e. The third-order valence-electron chi connectivity index (χ3n) is 1.80. The van der Waals surface area contributed by atoms with Crippen LogP contribution in [0, 0.1) is 0 Å². The Balaban J connectivity index is 2.54. The lowest BCUT2D eigenvalue weighted by molar-refractivity contribution is -0.277. The topological polar surface area (TPSA) is 55.0 Å². The molecular formula is C9H5F3N2O2. The highest BCUT2D eigenvalue weighted by atomic mass is 19.4. The molecule has 0 spiro atoms. The number of benzene rings is 1. The van der Waals surface area contributed by atoms with Gasteiger partial charge in [0, 0.05) is 0 Å². The molecule has 1 heterocycles. The fourth-order valence-corrected chi connectivity index (χ4v) is 1.22. The van der Waals surface area contributed by atoms with Gasteiger partial charge in [-0.05, 0) is 12.1 Å². The summed E-state index contributed by atoms with van der Waals surface area (Å²) in [6.45, 7) is 0. The van der Waals surface area contributed by atoms with Crippen molar-refractivity contribution in [2.24, 2.45) is 0 Å². The van der Waals surface area contributed by atoms with E-state index in [1.807, 2.05) is 4.98 Å². The molecule has 2 rings (SSSR count). The molecule has 0 saturated heterocycles. The van der Waals surface area contributed by atoms with Crippen molar-refractivity contribution < 1.29 is 17.9 Å². The number of ether oxygens (including phenoxy) is 1. The highest BCUT2D eigenvalue weighted by Gasteiger charge is 2.32. The van der Waals surface area contributed by atoms with Gasteiger partial charge in [-0.3, -0.25) is 9.78 Å². The standard InChI is InChI=1S/C9H5F3N2O2/c10-9(11,12)16-8-13-6-4-2-1-3-5(6)7(15)14-8/h1-4H,(H,13,14,15). The van der Waals surface area contributed by atoms with Crippen molar-refractivity contribution >= 4 is 10.9 Å². The second kappa shape index (κ2) is 3.51. The molecule has 0 bridgehead atoms. The van der Waals surface area contributed by atoms with Gasteiger partial charge in [0.25, 0.3) is 5.56 Å². The summed E-state index contributed by atoms with van der Waals surface area (Å²) in [6, 6.07) is 5.17. The molecule has 0 aliphatic heterocycles. The number of hydrogen-bond donors (Lipinski definition) is 1. The first kappa shape index (κ1) is 10.5. The fraction of sp³-hybridized carbons (Fsp3) is 0.111. The van der Waals surface area contributed by atoms with Crippen LogP contribution in [0.5, 0.6) is 6.01 Å². The van der Waals surface area contributed by atoms with Crippen LogP contribution in [-0.4, -0.2) is 16.3 Å². The van der Waals surface area contributed by atoms with E-state index in [0.29, 0.717) is 0 Å². The Morgan fingerprint density at radius 1 is 1.25 bits per heavy atom. The second-order valence-electron chi connectivity index (χ2n) is 2.94. The average Bonchev–Trinajstić information content (AvgIpc) is 2.15. The second-order valence-corrected chi connectivity index (χ2v) is 2.94. The SMILES string of the molecule is O=c1[nH]c(OC(F)(F)F)nc2ccccc12. The molecule has 84 valence electrons. The zero-order valence-corrected chi connectivity index (χ0v) is 7.71. The maximum atomic E-state index is 11.9. The molecule has 0 radical (unpaired) electrons. The Hall–Kier alpha value is -2.05. The quantitative estimate of drug-likeness (QED) is 0.812. The molecule has 0 aliphatic rings. The Morgan fingerprint density at radius 2 is 1.94 bits per heavy atom. The first-order chi connectivity index (χ1) is 7.46. The summed E-state index contributed by atoms with van der Waals surface area (Å²) >= 11 is 0. The molecule has 16 heavy (non-hydrogen) atoms. The molecule has 0 saturated carbocycles. The van der Waals surface area contributed by atoms with Crippen LogP contribution in [0.25, 0.3) is 10.9 Å². The molecule has 0 atom stereocenters. The van der Waals surface area contributed by atoms with Crippen LogP contribution in [0.3, 0.4) is 0 Å². The number of para-hydroxylation sites is 1. The van der Waals surface area contributed by atoms with Gasteiger partial charge in [0.15, 0.2) is 0 Å². The van der Waals surface area contributed by atoms with Gasteiger partial charge >= 0.3 is 12.4 Å². The van der Waals surface area contributed by atoms with E-state index < -0.39 is 17.9 Å². The summed E-state index contributed by atoms with van der Waals surface area (Å²) in [5.74, 6) is 0. The summed E-state index contributed by atoms with van der Waals surface area (Å²) in [7, 11) is 0. The largest absolute Gasteiger partial charge is 0.575 e. The number of alkyl halides is 3. The van der Waals surface area contributed by atoms with Crippen molar-refractivity contribution in [1.82, 2.24) is 9.97 Å². The van der Waals surface area contributed by atoms with E-state index in [9.17, 15) is 18.0 Å². The molecule has 0 fully saturated rings. The molecule has 0 aliphatic carbocycles. The predicted octanol–water partition coefficient (Wildman–Crippen LogP) is 1.82. The molecule has 1 aromatic heterocycles. The summed E-state index contributed by atoms with van der Waals surface area (Å²) in [5, 5.41) is 0.206. The van der Waals surface area contributed by atoms with Crippen molar-refractivity contribution in [1.29, 1.82) is 0 Å². The highest BCUT2D eigenvalue weighted by Crippen LogP contribution is 2.19. The number of fused-ring (bicyclic) bond motifs is 1. The summed E-state index contributed by atoms with van der Waals surface area (Å²) in [4.78, 5) is 16.8. The minimum atomic E-state index is -4.88. The summed E-state index contributed by atoms with van der Waals surface area (Å²) in [6.07, 6.45) is -4.88. The number of aromatic amines is 1. The van der Waals surface area contributed by atoms with Crippen LogP contribution in [0.1, 0.15) is 0 Å². The van der Waals surface area contributed by atoms with Gasteiger partial charge in [-0.25, -0.2) is 0 Å². The number of nitrogens with one attached hydrogen (secondary N) is 1. The van der Waals surface area contributed by atoms with Gasteiger partial charge in [0.2, 0.25) is 0 Å². The fourth-order valence-electron chi connectivity index (χ4n) is 1.22. The first-order valence-electron chi connectivity index (χ1n) is 4.20. The van der Waals surface area contributed by atoms with Crippen LogP contribution in [0.15, 0.2) is 29.1 Å². The lowest BCUT2D eigenvalue weighted by atomic mass is 10.2. The zero-order chi connectivity index (χ0) is 11.8. The van der Waals surface area contributed by atoms with Gasteiger partial charge < -0.3 is 4.74 Å². The number of hydrogen-bond acceptors (Lipinski definition) is 3. The van der Waals surface area contributed by atoms with E-state index in [-0.39, 0.29) is 10.9 Å². The molecule has 2 aromatic rings. The van der Waals surface area contributed by atoms with E-state index in [4.69, 9.17) is 0 Å². The average molecular weight is 230 g/mol. The monoisotopic (exact) mass is 230 g/mol. The molecule has 0 unspecified atom stereocenters. The Kier molecular flexibility index (Phi) is 2.30. The molecule has 0 amide bonds. The summed E-state index contributed by atoms with van der Waals surface area (Å²) < 4.78 is 39.2. The Labute approximate surface area is 86.7 Å². The van der Waals surface area contributed by atoms with Gasteiger partial charge in [0.05, 0.1) is 10.9 Å². The molecular weight excluding hydrogens is 225 g/mol. The lowest BCUT2D eigenvalue weighted by Crippen LogP contribution is -2.21. The Bertz CT molecular complexity index is 577. The van der Waals surface area contributed by atoms with Gasteiger partial charge in [0.1, 0.15) is 0 Å². The third kappa shape index (κ3) is 2.13. The van der Waals surface area contributed by atoms with Crippen molar-refractivity contribution in [2.45, 2.75) is 6.36 Å². The van der Waals surface area contributed by atoms with Crippen molar-refractivity contribution in [3.8, 4) is 6.01 Å². The van der Waals surface area contributed by atoms with Crippen LogP contribution in [0.2, 0.25) is 0 Å². The van der Waals surface area contributed by atoms with Crippen molar-refractivity contribution in [3.05, 3.63) is 34.6 Å². The maximum Gasteiger partial charge on any atom is 0.575 e. The number of halogens is 3. The van der Waals surface area contributed by atoms with Gasteiger partial charge in [-0.1, -0.05) is 12.1 Å². The van der Waals surface area contributed by atoms with E-state index in [1.54, 1.807) is 12.1 Å². The maximum absolute atomic E-state index is 11.9. The molecule has 1 N–H and O–H groups in total. The van der Waals surface area contributed by atoms with Crippen molar-refractivity contribution in [3.63, 3.8) is 0 Å². The predicted molar refractivity (Wildman–Crippen MR) is 49.0 cm³/mol. The lowest BCUT2D eigenvalue weighted by Gasteiger charge is -2.07. The van der Waals surface area contributed by atoms with Crippen LogP contribution < -0.4 is 10.3 Å². The van der Waals surface area contributed by atoms with Crippen molar-refractivity contribution in [2.75, 3.05) is 0 Å². The van der Waals surface area contributed by atoms with E-state index in [2.05, 4.69) is 9.72 Å². The number of rotatable bonds is 1. The molecule has 1 aromatic carbocycles. The van der Waals surface area contributed by atoms with E-state index in [1.165, 1.54) is 12.1 Å². The van der Waals surface area contributed by atoms with Crippen LogP contribution in [-0.2, 0) is 0 Å². The third-order valence-corrected chi connectivity index (χ3v) is 1.80. The Morgan fingerprint density at radius 3 is 2.62 bits per heavy atom. The van der Waals surface area contributed by atoms with Crippen LogP contribution >= 0.6 is 0 Å². The minimum absolute atomic E-state index is 0.144. The van der Waals surface area contributed by atoms with E-state index >= 15 is 0 Å². The number of nitrogens with zero attached hydrogens (tertiary/aromatic N) is 1. The molecule has 4 nitrogen and oxygen atoms in total. The molecule has 7 heteroatoms. The van der Waals surface area contributed by atoms with Gasteiger partial charge in [-0.2, -0.15) is 4.98 Å². The summed E-state index contributed by atoms with van der Waals surface area (Å²) in [5.41, 5.74) is -0.532. The minimum Gasteiger partial charge on any atom is -0.372 e. The van der Waals surface area contributed by atoms with Crippen LogP contribution in [0.4, 0.5) is 13.2 Å².